The first kappa shape index (κ1) is 17.3. The molecule has 1 N–H and O–H groups in total. The number of fused-ring (bicyclic) bond motifs is 1. The first-order chi connectivity index (χ1) is 13.6. The number of aryl methyl sites for hydroxylation is 1. The molecular weight excluding hydrogens is 372 g/mol. The van der Waals surface area contributed by atoms with Crippen molar-refractivity contribution in [2.24, 2.45) is 0 Å². The summed E-state index contributed by atoms with van der Waals surface area (Å²) in [7, 11) is 0. The average Bonchev–Trinajstić information content (AvgIpc) is 3.08. The molecule has 1 aliphatic carbocycles. The van der Waals surface area contributed by atoms with Crippen LogP contribution in [0.4, 0.5) is 5.88 Å². The van der Waals surface area contributed by atoms with Crippen molar-refractivity contribution < 1.29 is 9.32 Å². The van der Waals surface area contributed by atoms with Gasteiger partial charge < -0.3 is 9.84 Å². The Morgan fingerprint density at radius 3 is 2.54 bits per heavy atom. The Morgan fingerprint density at radius 2 is 1.79 bits per heavy atom. The van der Waals surface area contributed by atoms with Crippen LogP contribution in [0.2, 0.25) is 5.02 Å². The van der Waals surface area contributed by atoms with Gasteiger partial charge in [0.1, 0.15) is 0 Å². The molecule has 2 heterocycles. The van der Waals surface area contributed by atoms with E-state index >= 15 is 0 Å². The van der Waals surface area contributed by atoms with Crippen molar-refractivity contribution in [2.75, 3.05) is 5.32 Å². The fourth-order valence-electron chi connectivity index (χ4n) is 4.42. The fraction of sp³-hybridized carbons (Fsp3) is 0.217. The number of ketones is 1. The highest BCUT2D eigenvalue weighted by Crippen LogP contribution is 2.49. The summed E-state index contributed by atoms with van der Waals surface area (Å²) in [4.78, 5) is 13.3. The minimum atomic E-state index is -0.181. The van der Waals surface area contributed by atoms with Crippen LogP contribution in [-0.4, -0.2) is 10.9 Å². The van der Waals surface area contributed by atoms with Crippen LogP contribution in [0, 0.1) is 6.92 Å². The van der Waals surface area contributed by atoms with Gasteiger partial charge in [-0.05, 0) is 42.5 Å². The number of carbonyl (C=O) groups is 1. The maximum absolute atomic E-state index is 13.3. The van der Waals surface area contributed by atoms with E-state index in [1.54, 1.807) is 0 Å². The lowest BCUT2D eigenvalue weighted by Crippen LogP contribution is -2.29. The number of benzene rings is 2. The summed E-state index contributed by atoms with van der Waals surface area (Å²) in [5.74, 6) is 0.793. The van der Waals surface area contributed by atoms with Gasteiger partial charge in [-0.15, -0.1) is 0 Å². The molecule has 0 amide bonds. The van der Waals surface area contributed by atoms with Gasteiger partial charge in [0.25, 0.3) is 0 Å². The van der Waals surface area contributed by atoms with Gasteiger partial charge >= 0.3 is 0 Å². The number of nitrogens with one attached hydrogen (secondary N) is 1. The van der Waals surface area contributed by atoms with Gasteiger partial charge in [0.2, 0.25) is 5.88 Å². The molecule has 0 fully saturated rings. The molecule has 0 radical (unpaired) electrons. The summed E-state index contributed by atoms with van der Waals surface area (Å²) in [6.07, 6.45) is 1.28. The van der Waals surface area contributed by atoms with Crippen LogP contribution < -0.4 is 5.32 Å². The molecule has 1 aliphatic heterocycles. The predicted octanol–water partition coefficient (Wildman–Crippen LogP) is 5.59. The zero-order valence-corrected chi connectivity index (χ0v) is 16.2. The Labute approximate surface area is 168 Å². The van der Waals surface area contributed by atoms with Crippen molar-refractivity contribution in [3.8, 4) is 0 Å². The fourth-order valence-corrected chi connectivity index (χ4v) is 4.55. The maximum Gasteiger partial charge on any atom is 0.233 e. The molecule has 5 rings (SSSR count). The Kier molecular flexibility index (Phi) is 4.09. The van der Waals surface area contributed by atoms with Crippen LogP contribution in [0.25, 0.3) is 0 Å². The molecule has 5 heteroatoms. The molecule has 2 atom stereocenters. The second-order valence-corrected chi connectivity index (χ2v) is 7.89. The van der Waals surface area contributed by atoms with Crippen LogP contribution >= 0.6 is 11.6 Å². The summed E-state index contributed by atoms with van der Waals surface area (Å²) < 4.78 is 5.55. The largest absolute Gasteiger partial charge is 0.338 e. The van der Waals surface area contributed by atoms with Crippen LogP contribution in [0.1, 0.15) is 47.1 Å². The van der Waals surface area contributed by atoms with Gasteiger partial charge in [0.05, 0.1) is 11.3 Å². The summed E-state index contributed by atoms with van der Waals surface area (Å²) in [5.41, 5.74) is 5.71. The standard InChI is InChI=1S/C23H19ClN2O2/c1-13-20-21(15-7-9-17(24)10-8-15)22-18(25-23(20)28-26-13)11-16(12-19(22)27)14-5-3-2-4-6-14/h2-10,16,21,25H,11-12H2,1H3/t16-,21+/m0/s1. The normalized spacial score (nSPS) is 21.1. The zero-order valence-electron chi connectivity index (χ0n) is 15.4. The molecule has 4 nitrogen and oxygen atoms in total. The molecule has 3 aromatic rings. The van der Waals surface area contributed by atoms with Crippen LogP contribution in [0.5, 0.6) is 0 Å². The first-order valence-corrected chi connectivity index (χ1v) is 9.79. The molecule has 0 saturated carbocycles. The lowest BCUT2D eigenvalue weighted by atomic mass is 9.72. The lowest BCUT2D eigenvalue weighted by molar-refractivity contribution is -0.116. The average molecular weight is 391 g/mol. The number of halogens is 1. The minimum absolute atomic E-state index is 0.163. The highest BCUT2D eigenvalue weighted by atomic mass is 35.5. The lowest BCUT2D eigenvalue weighted by Gasteiger charge is -2.34. The van der Waals surface area contributed by atoms with E-state index in [1.807, 2.05) is 49.4 Å². The minimum Gasteiger partial charge on any atom is -0.338 e. The molecule has 0 bridgehead atoms. The molecule has 0 unspecified atom stereocenters. The third-order valence-corrected chi connectivity index (χ3v) is 5.98. The van der Waals surface area contributed by atoms with Crippen molar-refractivity contribution in [2.45, 2.75) is 31.6 Å². The third kappa shape index (κ3) is 2.76. The summed E-state index contributed by atoms with van der Waals surface area (Å²) >= 11 is 6.09. The number of aromatic nitrogens is 1. The van der Waals surface area contributed by atoms with Crippen LogP contribution in [0.15, 0.2) is 70.4 Å². The number of carbonyl (C=O) groups excluding carboxylic acids is 1. The van der Waals surface area contributed by atoms with Crippen molar-refractivity contribution in [1.29, 1.82) is 0 Å². The Balaban J connectivity index is 1.63. The molecule has 140 valence electrons. The van der Waals surface area contributed by atoms with E-state index in [2.05, 4.69) is 22.6 Å². The Hall–Kier alpha value is -2.85. The van der Waals surface area contributed by atoms with Gasteiger partial charge in [0, 0.05) is 28.6 Å². The van der Waals surface area contributed by atoms with Crippen molar-refractivity contribution in [3.05, 3.63) is 93.3 Å². The highest BCUT2D eigenvalue weighted by molar-refractivity contribution is 6.30. The van der Waals surface area contributed by atoms with Gasteiger partial charge in [-0.3, -0.25) is 4.79 Å². The second kappa shape index (κ2) is 6.64. The number of Topliss-reactive ketones (excluding diaryl/α,β-unsaturated/α-hetero) is 1. The molecule has 0 spiro atoms. The van der Waals surface area contributed by atoms with Crippen LogP contribution in [-0.2, 0) is 4.79 Å². The zero-order chi connectivity index (χ0) is 19.3. The Bertz CT molecular complexity index is 1080. The van der Waals surface area contributed by atoms with E-state index in [0.29, 0.717) is 17.3 Å². The maximum atomic E-state index is 13.3. The van der Waals surface area contributed by atoms with E-state index in [4.69, 9.17) is 16.1 Å². The summed E-state index contributed by atoms with van der Waals surface area (Å²) in [6.45, 7) is 1.92. The topological polar surface area (TPSA) is 55.1 Å². The first-order valence-electron chi connectivity index (χ1n) is 9.41. The quantitative estimate of drug-likeness (QED) is 0.619. The van der Waals surface area contributed by atoms with E-state index < -0.39 is 0 Å². The predicted molar refractivity (Wildman–Crippen MR) is 109 cm³/mol. The molecule has 28 heavy (non-hydrogen) atoms. The number of allylic oxidation sites excluding steroid dienone is 2. The van der Waals surface area contributed by atoms with Crippen molar-refractivity contribution in [3.63, 3.8) is 0 Å². The van der Waals surface area contributed by atoms with Gasteiger partial charge in [0.15, 0.2) is 5.78 Å². The molecular formula is C23H19ClN2O2. The number of hydrogen-bond acceptors (Lipinski definition) is 4. The smallest absolute Gasteiger partial charge is 0.233 e. The number of rotatable bonds is 2. The molecule has 2 aromatic carbocycles. The second-order valence-electron chi connectivity index (χ2n) is 7.45. The summed E-state index contributed by atoms with van der Waals surface area (Å²) in [5, 5.41) is 8.19. The van der Waals surface area contributed by atoms with Crippen molar-refractivity contribution in [1.82, 2.24) is 5.16 Å². The number of anilines is 1. The Morgan fingerprint density at radius 1 is 1.04 bits per heavy atom. The van der Waals surface area contributed by atoms with E-state index in [9.17, 15) is 4.79 Å². The highest BCUT2D eigenvalue weighted by Gasteiger charge is 2.41. The molecule has 1 aromatic heterocycles. The van der Waals surface area contributed by atoms with E-state index in [1.165, 1.54) is 5.56 Å². The number of hydrogen-bond donors (Lipinski definition) is 1. The van der Waals surface area contributed by atoms with E-state index in [-0.39, 0.29) is 17.6 Å². The summed E-state index contributed by atoms with van der Waals surface area (Å²) in [6, 6.07) is 17.9. The number of nitrogens with zero attached hydrogens (tertiary/aromatic N) is 1. The SMILES string of the molecule is Cc1noc2c1[C@@H](c1ccc(Cl)cc1)C1=C(C[C@H](c3ccccc3)CC1=O)N2. The van der Waals surface area contributed by atoms with Gasteiger partial charge in [-0.25, -0.2) is 0 Å². The monoisotopic (exact) mass is 390 g/mol. The third-order valence-electron chi connectivity index (χ3n) is 5.73. The van der Waals surface area contributed by atoms with Gasteiger partial charge in [-0.2, -0.15) is 0 Å². The van der Waals surface area contributed by atoms with Crippen LogP contribution in [0.3, 0.4) is 0 Å². The van der Waals surface area contributed by atoms with E-state index in [0.717, 1.165) is 34.5 Å². The van der Waals surface area contributed by atoms with Crippen molar-refractivity contribution >= 4 is 23.3 Å². The van der Waals surface area contributed by atoms with Gasteiger partial charge in [-0.1, -0.05) is 59.2 Å². The molecule has 0 saturated heterocycles. The molecule has 2 aliphatic rings.